The molecule has 3 rings (SSSR count). The van der Waals surface area contributed by atoms with E-state index in [1.807, 2.05) is 44.2 Å². The number of anilines is 1. The third-order valence-electron chi connectivity index (χ3n) is 5.03. The molecule has 4 N–H and O–H groups in total. The van der Waals surface area contributed by atoms with Gasteiger partial charge in [-0.3, -0.25) is 9.78 Å². The Morgan fingerprint density at radius 1 is 1.21 bits per heavy atom. The van der Waals surface area contributed by atoms with Crippen LogP contribution in [-0.4, -0.2) is 29.6 Å². The van der Waals surface area contributed by atoms with E-state index in [-0.39, 0.29) is 6.61 Å². The maximum absolute atomic E-state index is 11.8. The van der Waals surface area contributed by atoms with Gasteiger partial charge in [0.15, 0.2) is 0 Å². The summed E-state index contributed by atoms with van der Waals surface area (Å²) in [6.07, 6.45) is 1.79. The summed E-state index contributed by atoms with van der Waals surface area (Å²) in [6, 6.07) is 11.9. The second kappa shape index (κ2) is 11.6. The molecule has 2 aromatic heterocycles. The molecule has 9 heteroatoms. The summed E-state index contributed by atoms with van der Waals surface area (Å²) < 4.78 is 11.9. The van der Waals surface area contributed by atoms with Crippen LogP contribution < -0.4 is 15.2 Å². The van der Waals surface area contributed by atoms with Crippen molar-refractivity contribution < 1.29 is 9.53 Å². The molecule has 0 amide bonds. The topological polar surface area (TPSA) is 89.3 Å². The Kier molecular flexibility index (Phi) is 9.01. The van der Waals surface area contributed by atoms with Crippen LogP contribution in [0, 0.1) is 0 Å². The van der Waals surface area contributed by atoms with Crippen LogP contribution in [0.2, 0.25) is 5.02 Å². The predicted molar refractivity (Wildman–Crippen MR) is 145 cm³/mol. The number of benzene rings is 1. The molecular formula is C25H31ClN4O2S2. The maximum Gasteiger partial charge on any atom is 0.322 e. The summed E-state index contributed by atoms with van der Waals surface area (Å²) in [5, 5.41) is 2.80. The number of nitrogens with two attached hydrogens (primary N) is 1. The molecule has 0 fully saturated rings. The molecule has 2 heterocycles. The molecule has 34 heavy (non-hydrogen) atoms. The highest BCUT2D eigenvalue weighted by Gasteiger charge is 2.26. The molecule has 1 aromatic carbocycles. The minimum Gasteiger partial charge on any atom is -0.464 e. The quantitative estimate of drug-likeness (QED) is 0.215. The van der Waals surface area contributed by atoms with Crippen molar-refractivity contribution in [3.63, 3.8) is 0 Å². The van der Waals surface area contributed by atoms with E-state index in [4.69, 9.17) is 22.1 Å². The lowest BCUT2D eigenvalue weighted by Crippen LogP contribution is -2.34. The fourth-order valence-electron chi connectivity index (χ4n) is 3.05. The number of hydrogen-bond acceptors (Lipinski definition) is 8. The lowest BCUT2D eigenvalue weighted by Gasteiger charge is -2.24. The summed E-state index contributed by atoms with van der Waals surface area (Å²) in [5.41, 5.74) is 10.1. The molecule has 182 valence electrons. The standard InChI is InChI=1S/C25H31ClN4O2S2/c1-15(2)29-34-30-19-6-7-20(21(26)12-19)22-10-18(13-33-22)17-8-9-28-23(11-17)25(4,5)14-32-24(31)16(3)27/h6-13,15-16,29-30H,14,27H2,1-5H3/t16-/m0/s1. The minimum atomic E-state index is -0.647. The number of carbonyl (C=O) groups excluding carboxylic acids is 1. The highest BCUT2D eigenvalue weighted by molar-refractivity contribution is 7.98. The van der Waals surface area contributed by atoms with Crippen LogP contribution in [-0.2, 0) is 14.9 Å². The minimum absolute atomic E-state index is 0.208. The van der Waals surface area contributed by atoms with E-state index in [2.05, 4.69) is 39.7 Å². The molecule has 0 saturated carbocycles. The average Bonchev–Trinajstić information content (AvgIpc) is 3.27. The number of ether oxygens (including phenoxy) is 1. The first-order chi connectivity index (χ1) is 16.1. The molecule has 0 aliphatic rings. The van der Waals surface area contributed by atoms with Gasteiger partial charge in [0.05, 0.1) is 5.02 Å². The van der Waals surface area contributed by atoms with E-state index in [9.17, 15) is 4.79 Å². The highest BCUT2D eigenvalue weighted by atomic mass is 35.5. The number of pyridine rings is 1. The third kappa shape index (κ3) is 6.96. The largest absolute Gasteiger partial charge is 0.464 e. The van der Waals surface area contributed by atoms with E-state index in [0.29, 0.717) is 11.1 Å². The Labute approximate surface area is 214 Å². The Bertz CT molecular complexity index is 1130. The molecule has 0 saturated heterocycles. The molecule has 0 aliphatic carbocycles. The average molecular weight is 519 g/mol. The van der Waals surface area contributed by atoms with Crippen LogP contribution in [0.25, 0.3) is 21.6 Å². The first kappa shape index (κ1) is 26.5. The van der Waals surface area contributed by atoms with Crippen molar-refractivity contribution in [1.82, 2.24) is 9.71 Å². The van der Waals surface area contributed by atoms with Crippen molar-refractivity contribution >= 4 is 46.7 Å². The second-order valence-corrected chi connectivity index (χ2v) is 11.0. The van der Waals surface area contributed by atoms with Gasteiger partial charge in [-0.15, -0.1) is 11.3 Å². The summed E-state index contributed by atoms with van der Waals surface area (Å²) in [5.74, 6) is -0.417. The number of carbonyl (C=O) groups is 1. The Balaban J connectivity index is 1.76. The first-order valence-electron chi connectivity index (χ1n) is 11.0. The van der Waals surface area contributed by atoms with Gasteiger partial charge in [-0.25, -0.2) is 4.72 Å². The fraction of sp³-hybridized carbons (Fsp3) is 0.360. The molecule has 6 nitrogen and oxygen atoms in total. The second-order valence-electron chi connectivity index (χ2n) is 9.08. The van der Waals surface area contributed by atoms with Crippen LogP contribution in [0.3, 0.4) is 0 Å². The highest BCUT2D eigenvalue weighted by Crippen LogP contribution is 2.38. The number of rotatable bonds is 10. The molecule has 0 radical (unpaired) electrons. The van der Waals surface area contributed by atoms with E-state index < -0.39 is 17.4 Å². The van der Waals surface area contributed by atoms with Gasteiger partial charge in [0.25, 0.3) is 0 Å². The first-order valence-corrected chi connectivity index (χ1v) is 13.1. The van der Waals surface area contributed by atoms with Crippen LogP contribution in [0.4, 0.5) is 5.69 Å². The zero-order valence-electron chi connectivity index (χ0n) is 20.0. The van der Waals surface area contributed by atoms with Crippen LogP contribution in [0.15, 0.2) is 48.0 Å². The molecule has 0 bridgehead atoms. The summed E-state index contributed by atoms with van der Waals surface area (Å²) in [7, 11) is 0. The van der Waals surface area contributed by atoms with Crippen LogP contribution >= 0.6 is 35.1 Å². The Morgan fingerprint density at radius 3 is 2.65 bits per heavy atom. The van der Waals surface area contributed by atoms with Crippen molar-refractivity contribution in [2.45, 2.75) is 52.1 Å². The SMILES string of the molecule is CC(C)NSNc1ccc(-c2cc(-c3ccnc(C(C)(C)COC(=O)[C@H](C)N)c3)cs2)c(Cl)c1. The monoisotopic (exact) mass is 518 g/mol. The van der Waals surface area contributed by atoms with Gasteiger partial charge < -0.3 is 15.2 Å². The van der Waals surface area contributed by atoms with Gasteiger partial charge in [-0.2, -0.15) is 0 Å². The molecule has 0 aliphatic heterocycles. The number of nitrogens with one attached hydrogen (secondary N) is 2. The Morgan fingerprint density at radius 2 is 1.97 bits per heavy atom. The zero-order valence-corrected chi connectivity index (χ0v) is 22.4. The number of aromatic nitrogens is 1. The predicted octanol–water partition coefficient (Wildman–Crippen LogP) is 6.27. The lowest BCUT2D eigenvalue weighted by atomic mass is 9.88. The van der Waals surface area contributed by atoms with E-state index in [1.165, 1.54) is 12.1 Å². The number of esters is 1. The Hall–Kier alpha value is -2.10. The molecule has 0 unspecified atom stereocenters. The van der Waals surface area contributed by atoms with Gasteiger partial charge in [0.1, 0.15) is 12.6 Å². The van der Waals surface area contributed by atoms with E-state index in [1.54, 1.807) is 24.5 Å². The smallest absolute Gasteiger partial charge is 0.322 e. The third-order valence-corrected chi connectivity index (χ3v) is 7.23. The summed E-state index contributed by atoms with van der Waals surface area (Å²) in [6.45, 7) is 9.99. The summed E-state index contributed by atoms with van der Waals surface area (Å²) >= 11 is 9.69. The molecular weight excluding hydrogens is 488 g/mol. The van der Waals surface area contributed by atoms with Crippen LogP contribution in [0.1, 0.15) is 40.3 Å². The molecule has 1 atom stereocenters. The van der Waals surface area contributed by atoms with Crippen molar-refractivity contribution in [2.75, 3.05) is 11.3 Å². The van der Waals surface area contributed by atoms with Crippen molar-refractivity contribution in [1.29, 1.82) is 0 Å². The number of hydrogen-bond donors (Lipinski definition) is 3. The van der Waals surface area contributed by atoms with Crippen LogP contribution in [0.5, 0.6) is 0 Å². The van der Waals surface area contributed by atoms with Gasteiger partial charge >= 0.3 is 5.97 Å². The molecule has 3 aromatic rings. The number of nitrogens with zero attached hydrogens (tertiary/aromatic N) is 1. The summed E-state index contributed by atoms with van der Waals surface area (Å²) in [4.78, 5) is 17.4. The number of halogens is 1. The van der Waals surface area contributed by atoms with E-state index >= 15 is 0 Å². The maximum atomic E-state index is 11.8. The van der Waals surface area contributed by atoms with Gasteiger partial charge in [0, 0.05) is 51.6 Å². The lowest BCUT2D eigenvalue weighted by molar-refractivity contribution is -0.146. The molecule has 0 spiro atoms. The van der Waals surface area contributed by atoms with Gasteiger partial charge in [-0.1, -0.05) is 25.4 Å². The fourth-order valence-corrected chi connectivity index (χ4v) is 4.89. The number of thiophene rings is 1. The van der Waals surface area contributed by atoms with Crippen molar-refractivity contribution in [3.05, 3.63) is 58.7 Å². The van der Waals surface area contributed by atoms with Crippen molar-refractivity contribution in [2.24, 2.45) is 5.73 Å². The normalized spacial score (nSPS) is 12.6. The van der Waals surface area contributed by atoms with Crippen molar-refractivity contribution in [3.8, 4) is 21.6 Å². The van der Waals surface area contributed by atoms with Gasteiger partial charge in [-0.05, 0) is 73.7 Å². The zero-order chi connectivity index (χ0) is 24.9. The van der Waals surface area contributed by atoms with E-state index in [0.717, 1.165) is 32.9 Å². The van der Waals surface area contributed by atoms with Gasteiger partial charge in [0.2, 0.25) is 0 Å².